The predicted molar refractivity (Wildman–Crippen MR) is 118 cm³/mol. The largest absolute Gasteiger partial charge is 0.497 e. The van der Waals surface area contributed by atoms with Crippen molar-refractivity contribution in [3.63, 3.8) is 0 Å². The second-order valence-corrected chi connectivity index (χ2v) is 7.80. The maximum absolute atomic E-state index is 12.7. The number of amides is 2. The van der Waals surface area contributed by atoms with Crippen molar-refractivity contribution in [3.8, 4) is 5.75 Å². The first kappa shape index (κ1) is 21.0. The summed E-state index contributed by atoms with van der Waals surface area (Å²) in [4.78, 5) is 31.5. The van der Waals surface area contributed by atoms with Gasteiger partial charge in [-0.05, 0) is 36.4 Å². The number of methoxy groups -OCH3 is 1. The number of anilines is 1. The maximum Gasteiger partial charge on any atom is 0.238 e. The van der Waals surface area contributed by atoms with Gasteiger partial charge in [0.05, 0.1) is 12.8 Å². The van der Waals surface area contributed by atoms with Crippen molar-refractivity contribution in [1.29, 1.82) is 0 Å². The number of nitrogens with zero attached hydrogens (tertiary/aromatic N) is 2. The van der Waals surface area contributed by atoms with Gasteiger partial charge in [-0.1, -0.05) is 35.5 Å². The van der Waals surface area contributed by atoms with Crippen molar-refractivity contribution < 1.29 is 14.3 Å². The van der Waals surface area contributed by atoms with E-state index in [1.165, 1.54) is 16.7 Å². The smallest absolute Gasteiger partial charge is 0.238 e. The van der Waals surface area contributed by atoms with Crippen molar-refractivity contribution in [2.75, 3.05) is 19.0 Å². The summed E-state index contributed by atoms with van der Waals surface area (Å²) in [5, 5.41) is 3.26. The molecule has 150 valence electrons. The van der Waals surface area contributed by atoms with E-state index in [1.54, 1.807) is 43.5 Å². The molecule has 1 aliphatic heterocycles. The molecule has 0 bridgehead atoms. The van der Waals surface area contributed by atoms with Crippen LogP contribution in [0.2, 0.25) is 5.02 Å². The average molecular weight is 430 g/mol. The number of aliphatic imine (C=N–C) groups is 1. The van der Waals surface area contributed by atoms with Gasteiger partial charge in [-0.2, -0.15) is 0 Å². The molecule has 0 aromatic heterocycles. The van der Waals surface area contributed by atoms with Crippen LogP contribution in [-0.4, -0.2) is 40.8 Å². The zero-order valence-electron chi connectivity index (χ0n) is 15.8. The summed E-state index contributed by atoms with van der Waals surface area (Å²) >= 11 is 7.13. The van der Waals surface area contributed by atoms with Crippen molar-refractivity contribution >= 4 is 51.7 Å². The molecule has 2 aromatic rings. The van der Waals surface area contributed by atoms with Crippen LogP contribution in [0.4, 0.5) is 11.4 Å². The third-order valence-electron chi connectivity index (χ3n) is 4.13. The first-order valence-corrected chi connectivity index (χ1v) is 10.1. The molecule has 1 heterocycles. The zero-order valence-corrected chi connectivity index (χ0v) is 17.4. The SMILES string of the molecule is C=CCN1C(=O)CC(C(=O)Nc2ccc(Cl)cc2)SC1=Nc1cccc(OC)c1. The van der Waals surface area contributed by atoms with Gasteiger partial charge in [0.15, 0.2) is 5.17 Å². The molecule has 0 spiro atoms. The summed E-state index contributed by atoms with van der Waals surface area (Å²) in [7, 11) is 1.58. The zero-order chi connectivity index (χ0) is 20.8. The van der Waals surface area contributed by atoms with Crippen LogP contribution in [-0.2, 0) is 9.59 Å². The molecule has 6 nitrogen and oxygen atoms in total. The van der Waals surface area contributed by atoms with Gasteiger partial charge < -0.3 is 10.1 Å². The highest BCUT2D eigenvalue weighted by molar-refractivity contribution is 8.15. The lowest BCUT2D eigenvalue weighted by Gasteiger charge is -2.31. The topological polar surface area (TPSA) is 71.0 Å². The van der Waals surface area contributed by atoms with E-state index in [9.17, 15) is 9.59 Å². The monoisotopic (exact) mass is 429 g/mol. The summed E-state index contributed by atoms with van der Waals surface area (Å²) in [5.74, 6) is 0.218. The minimum atomic E-state index is -0.594. The molecule has 1 unspecified atom stereocenters. The van der Waals surface area contributed by atoms with Crippen LogP contribution in [0.15, 0.2) is 66.2 Å². The quantitative estimate of drug-likeness (QED) is 0.686. The first-order valence-electron chi connectivity index (χ1n) is 8.87. The van der Waals surface area contributed by atoms with Gasteiger partial charge in [0, 0.05) is 29.7 Å². The fourth-order valence-electron chi connectivity index (χ4n) is 2.70. The third-order valence-corrected chi connectivity index (χ3v) is 5.57. The Kier molecular flexibility index (Phi) is 6.95. The van der Waals surface area contributed by atoms with Crippen molar-refractivity contribution in [2.45, 2.75) is 11.7 Å². The number of thioether (sulfide) groups is 1. The van der Waals surface area contributed by atoms with E-state index in [4.69, 9.17) is 16.3 Å². The van der Waals surface area contributed by atoms with E-state index < -0.39 is 5.25 Å². The van der Waals surface area contributed by atoms with E-state index in [-0.39, 0.29) is 18.2 Å². The maximum atomic E-state index is 12.7. The van der Waals surface area contributed by atoms with Crippen LogP contribution in [0.1, 0.15) is 6.42 Å². The lowest BCUT2D eigenvalue weighted by Crippen LogP contribution is -2.45. The fourth-order valence-corrected chi connectivity index (χ4v) is 3.93. The summed E-state index contributed by atoms with van der Waals surface area (Å²) < 4.78 is 5.23. The normalized spacial score (nSPS) is 17.9. The minimum absolute atomic E-state index is 0.0784. The molecule has 2 aromatic carbocycles. The number of hydrogen-bond acceptors (Lipinski definition) is 5. The number of nitrogens with one attached hydrogen (secondary N) is 1. The molecule has 1 atom stereocenters. The molecular weight excluding hydrogens is 410 g/mol. The number of hydrogen-bond donors (Lipinski definition) is 1. The summed E-state index contributed by atoms with van der Waals surface area (Å²) in [5.41, 5.74) is 1.25. The minimum Gasteiger partial charge on any atom is -0.497 e. The molecule has 0 saturated carbocycles. The Morgan fingerprint density at radius 3 is 2.83 bits per heavy atom. The first-order chi connectivity index (χ1) is 14.0. The Bertz CT molecular complexity index is 946. The fraction of sp³-hybridized carbons (Fsp3) is 0.190. The van der Waals surface area contributed by atoms with Crippen molar-refractivity contribution in [1.82, 2.24) is 4.90 Å². The molecule has 29 heavy (non-hydrogen) atoms. The van der Waals surface area contributed by atoms with Gasteiger partial charge in [-0.3, -0.25) is 14.5 Å². The van der Waals surface area contributed by atoms with Gasteiger partial charge in [-0.15, -0.1) is 6.58 Å². The van der Waals surface area contributed by atoms with Gasteiger partial charge in [0.25, 0.3) is 0 Å². The van der Waals surface area contributed by atoms with Gasteiger partial charge in [0.1, 0.15) is 11.0 Å². The number of benzene rings is 2. The lowest BCUT2D eigenvalue weighted by molar-refractivity contribution is -0.129. The summed E-state index contributed by atoms with van der Waals surface area (Å²) in [6.45, 7) is 4.03. The Labute approximate surface area is 178 Å². The summed E-state index contributed by atoms with van der Waals surface area (Å²) in [6.07, 6.45) is 1.71. The molecule has 3 rings (SSSR count). The Morgan fingerprint density at radius 1 is 1.38 bits per heavy atom. The van der Waals surface area contributed by atoms with E-state index in [1.807, 2.05) is 18.2 Å². The van der Waals surface area contributed by atoms with Crippen LogP contribution in [0.3, 0.4) is 0 Å². The van der Waals surface area contributed by atoms with Gasteiger partial charge in [-0.25, -0.2) is 4.99 Å². The average Bonchev–Trinajstić information content (AvgIpc) is 2.72. The van der Waals surface area contributed by atoms with Gasteiger partial charge in [0.2, 0.25) is 11.8 Å². The molecule has 0 radical (unpaired) electrons. The van der Waals surface area contributed by atoms with Crippen LogP contribution in [0, 0.1) is 0 Å². The Hall–Kier alpha value is -2.77. The molecule has 1 N–H and O–H groups in total. The van der Waals surface area contributed by atoms with Crippen molar-refractivity contribution in [2.24, 2.45) is 4.99 Å². The van der Waals surface area contributed by atoms with E-state index in [0.29, 0.717) is 33.9 Å². The van der Waals surface area contributed by atoms with Crippen LogP contribution in [0.5, 0.6) is 5.75 Å². The highest BCUT2D eigenvalue weighted by Crippen LogP contribution is 2.30. The van der Waals surface area contributed by atoms with Crippen molar-refractivity contribution in [3.05, 3.63) is 66.2 Å². The molecule has 1 saturated heterocycles. The molecule has 1 fully saturated rings. The number of ether oxygens (including phenoxy) is 1. The Balaban J connectivity index is 1.83. The number of rotatable bonds is 6. The second-order valence-electron chi connectivity index (χ2n) is 6.20. The summed E-state index contributed by atoms with van der Waals surface area (Å²) in [6, 6.07) is 14.0. The molecule has 2 amide bonds. The third kappa shape index (κ3) is 5.40. The molecule has 0 aliphatic carbocycles. The van der Waals surface area contributed by atoms with Crippen LogP contribution in [0.25, 0.3) is 0 Å². The standard InChI is InChI=1S/C21H20ClN3O3S/c1-3-11-25-19(26)13-18(20(27)23-15-9-7-14(22)8-10-15)29-21(25)24-16-5-4-6-17(12-16)28-2/h3-10,12,18H,1,11,13H2,2H3,(H,23,27). The number of carbonyl (C=O) groups excluding carboxylic acids is 2. The van der Waals surface area contributed by atoms with Gasteiger partial charge >= 0.3 is 0 Å². The highest BCUT2D eigenvalue weighted by Gasteiger charge is 2.35. The molecule has 1 aliphatic rings. The number of halogens is 1. The lowest BCUT2D eigenvalue weighted by atomic mass is 10.2. The highest BCUT2D eigenvalue weighted by atomic mass is 35.5. The van der Waals surface area contributed by atoms with E-state index in [2.05, 4.69) is 16.9 Å². The predicted octanol–water partition coefficient (Wildman–Crippen LogP) is 4.49. The number of carbonyl (C=O) groups is 2. The number of amidine groups is 1. The Morgan fingerprint density at radius 2 is 2.14 bits per heavy atom. The second kappa shape index (κ2) is 9.62. The van der Waals surface area contributed by atoms with E-state index >= 15 is 0 Å². The van der Waals surface area contributed by atoms with Crippen LogP contribution >= 0.6 is 23.4 Å². The molecular formula is C21H20ClN3O3S. The van der Waals surface area contributed by atoms with Crippen LogP contribution < -0.4 is 10.1 Å². The molecule has 8 heteroatoms. The van der Waals surface area contributed by atoms with E-state index in [0.717, 1.165) is 0 Å².